The molecule has 1 heterocycles. The van der Waals surface area contributed by atoms with Crippen LogP contribution in [-0.2, 0) is 0 Å². The largest absolute Gasteiger partial charge is 0.494 e. The maximum Gasteiger partial charge on any atom is 0.202 e. The van der Waals surface area contributed by atoms with E-state index in [-0.39, 0.29) is 17.3 Å². The monoisotopic (exact) mass is 153 g/mol. The number of hydrogen-bond donors (Lipinski definition) is 3. The number of rotatable bonds is 2. The topological polar surface area (TPSA) is 73.3 Å². The zero-order valence-corrected chi connectivity index (χ0v) is 5.66. The van der Waals surface area contributed by atoms with Crippen LogP contribution >= 0.6 is 0 Å². The molecule has 0 fully saturated rings. The molecule has 0 aliphatic carbocycles. The molecule has 0 unspecified atom stereocenters. The van der Waals surface area contributed by atoms with Crippen molar-refractivity contribution in [2.75, 3.05) is 0 Å². The van der Waals surface area contributed by atoms with Crippen molar-refractivity contribution < 1.29 is 15.0 Å². The number of aromatic hydroxyl groups is 2. The molecule has 11 heavy (non-hydrogen) atoms. The standard InChI is InChI=1S/C7H7NO3/c1-2-5(9)4-3-6(10)8-7(4)11/h2-3,8,10-11H,1H2. The SMILES string of the molecule is C=CC(=O)c1cc(O)[nH]c1O. The Kier molecular flexibility index (Phi) is 1.68. The number of hydrogen-bond acceptors (Lipinski definition) is 3. The second-order valence-electron chi connectivity index (χ2n) is 1.99. The summed E-state index contributed by atoms with van der Waals surface area (Å²) < 4.78 is 0. The summed E-state index contributed by atoms with van der Waals surface area (Å²) in [5.41, 5.74) is 0.0255. The van der Waals surface area contributed by atoms with Crippen LogP contribution in [0.3, 0.4) is 0 Å². The van der Waals surface area contributed by atoms with E-state index >= 15 is 0 Å². The molecule has 58 valence electrons. The molecule has 1 aromatic rings. The third-order valence-corrected chi connectivity index (χ3v) is 1.23. The van der Waals surface area contributed by atoms with Gasteiger partial charge in [0.15, 0.2) is 11.7 Å². The van der Waals surface area contributed by atoms with Crippen LogP contribution < -0.4 is 0 Å². The third kappa shape index (κ3) is 1.24. The highest BCUT2D eigenvalue weighted by molar-refractivity contribution is 6.06. The molecule has 0 saturated heterocycles. The molecule has 0 spiro atoms. The molecule has 0 aliphatic heterocycles. The molecule has 0 radical (unpaired) electrons. The van der Waals surface area contributed by atoms with Crippen molar-refractivity contribution in [3.8, 4) is 11.8 Å². The van der Waals surface area contributed by atoms with Crippen LogP contribution in [0.15, 0.2) is 18.7 Å². The predicted molar refractivity (Wildman–Crippen MR) is 38.6 cm³/mol. The Morgan fingerprint density at radius 1 is 1.64 bits per heavy atom. The Bertz CT molecular complexity index is 301. The highest BCUT2D eigenvalue weighted by Gasteiger charge is 2.10. The van der Waals surface area contributed by atoms with Crippen molar-refractivity contribution in [3.05, 3.63) is 24.3 Å². The lowest BCUT2D eigenvalue weighted by Gasteiger charge is -1.88. The summed E-state index contributed by atoms with van der Waals surface area (Å²) >= 11 is 0. The summed E-state index contributed by atoms with van der Waals surface area (Å²) in [6.07, 6.45) is 1.06. The smallest absolute Gasteiger partial charge is 0.202 e. The fraction of sp³-hybridized carbons (Fsp3) is 0. The Balaban J connectivity index is 3.12. The van der Waals surface area contributed by atoms with Gasteiger partial charge in [0.1, 0.15) is 0 Å². The number of aromatic nitrogens is 1. The number of ketones is 1. The average molecular weight is 153 g/mol. The molecule has 0 amide bonds. The van der Waals surface area contributed by atoms with Gasteiger partial charge in [-0.1, -0.05) is 6.58 Å². The first-order chi connectivity index (χ1) is 5.15. The van der Waals surface area contributed by atoms with E-state index in [9.17, 15) is 4.79 Å². The minimum atomic E-state index is -0.431. The van der Waals surface area contributed by atoms with Crippen LogP contribution in [0.4, 0.5) is 0 Å². The molecule has 0 aliphatic rings. The molecular formula is C7H7NO3. The summed E-state index contributed by atoms with van der Waals surface area (Å²) in [4.78, 5) is 13.0. The predicted octanol–water partition coefficient (Wildman–Crippen LogP) is 0.795. The Hall–Kier alpha value is -1.71. The van der Waals surface area contributed by atoms with Gasteiger partial charge in [0.25, 0.3) is 0 Å². The van der Waals surface area contributed by atoms with E-state index in [1.165, 1.54) is 0 Å². The van der Waals surface area contributed by atoms with E-state index in [0.717, 1.165) is 12.1 Å². The van der Waals surface area contributed by atoms with Crippen LogP contribution in [-0.4, -0.2) is 21.0 Å². The Morgan fingerprint density at radius 3 is 2.64 bits per heavy atom. The summed E-state index contributed by atoms with van der Waals surface area (Å²) in [6, 6.07) is 1.14. The molecule has 4 heteroatoms. The first kappa shape index (κ1) is 7.40. The lowest BCUT2D eigenvalue weighted by atomic mass is 10.2. The maximum absolute atomic E-state index is 10.8. The zero-order chi connectivity index (χ0) is 8.43. The van der Waals surface area contributed by atoms with E-state index in [2.05, 4.69) is 11.6 Å². The van der Waals surface area contributed by atoms with Crippen molar-refractivity contribution in [3.63, 3.8) is 0 Å². The average Bonchev–Trinajstić information content (AvgIpc) is 2.28. The highest BCUT2D eigenvalue weighted by Crippen LogP contribution is 2.21. The number of aromatic amines is 1. The van der Waals surface area contributed by atoms with E-state index < -0.39 is 5.78 Å². The molecule has 1 aromatic heterocycles. The molecule has 0 bridgehead atoms. The summed E-state index contributed by atoms with van der Waals surface area (Å²) in [7, 11) is 0. The molecule has 1 rings (SSSR count). The minimum Gasteiger partial charge on any atom is -0.494 e. The number of H-pyrrole nitrogens is 1. The number of carbonyl (C=O) groups excluding carboxylic acids is 1. The molecule has 3 N–H and O–H groups in total. The van der Waals surface area contributed by atoms with Crippen molar-refractivity contribution in [1.82, 2.24) is 4.98 Å². The summed E-state index contributed by atoms with van der Waals surface area (Å²) in [5, 5.41) is 17.7. The normalized spacial score (nSPS) is 9.45. The molecule has 4 nitrogen and oxygen atoms in total. The van der Waals surface area contributed by atoms with Crippen molar-refractivity contribution in [2.24, 2.45) is 0 Å². The third-order valence-electron chi connectivity index (χ3n) is 1.23. The van der Waals surface area contributed by atoms with Crippen molar-refractivity contribution in [1.29, 1.82) is 0 Å². The van der Waals surface area contributed by atoms with Gasteiger partial charge in [0.05, 0.1) is 5.56 Å². The molecular weight excluding hydrogens is 146 g/mol. The quantitative estimate of drug-likeness (QED) is 0.434. The van der Waals surface area contributed by atoms with E-state index in [0.29, 0.717) is 0 Å². The molecule has 0 saturated carbocycles. The van der Waals surface area contributed by atoms with Gasteiger partial charge in [0.2, 0.25) is 5.88 Å². The Labute approximate surface area is 62.8 Å². The highest BCUT2D eigenvalue weighted by atomic mass is 16.3. The summed E-state index contributed by atoms with van der Waals surface area (Å²) in [5.74, 6) is -1.01. The van der Waals surface area contributed by atoms with E-state index in [4.69, 9.17) is 10.2 Å². The second kappa shape index (κ2) is 2.49. The van der Waals surface area contributed by atoms with Crippen molar-refractivity contribution >= 4 is 5.78 Å². The molecule has 0 aromatic carbocycles. The maximum atomic E-state index is 10.8. The van der Waals surface area contributed by atoms with Gasteiger partial charge in [-0.05, 0) is 6.08 Å². The van der Waals surface area contributed by atoms with Gasteiger partial charge in [-0.25, -0.2) is 0 Å². The van der Waals surface area contributed by atoms with Gasteiger partial charge in [-0.3, -0.25) is 9.78 Å². The fourth-order valence-electron chi connectivity index (χ4n) is 0.728. The molecule has 0 atom stereocenters. The van der Waals surface area contributed by atoms with E-state index in [1.807, 2.05) is 0 Å². The van der Waals surface area contributed by atoms with E-state index in [1.54, 1.807) is 0 Å². The van der Waals surface area contributed by atoms with Crippen LogP contribution in [0.25, 0.3) is 0 Å². The fourth-order valence-corrected chi connectivity index (χ4v) is 0.728. The lowest BCUT2D eigenvalue weighted by Crippen LogP contribution is -1.90. The first-order valence-electron chi connectivity index (χ1n) is 2.93. The number of nitrogens with one attached hydrogen (secondary N) is 1. The number of carbonyl (C=O) groups is 1. The van der Waals surface area contributed by atoms with Gasteiger partial charge < -0.3 is 10.2 Å². The number of allylic oxidation sites excluding steroid dienone is 1. The van der Waals surface area contributed by atoms with Crippen LogP contribution in [0, 0.1) is 0 Å². The van der Waals surface area contributed by atoms with Crippen LogP contribution in [0.5, 0.6) is 11.8 Å². The van der Waals surface area contributed by atoms with Crippen molar-refractivity contribution in [2.45, 2.75) is 0 Å². The van der Waals surface area contributed by atoms with Crippen LogP contribution in [0.1, 0.15) is 10.4 Å². The van der Waals surface area contributed by atoms with Gasteiger partial charge in [-0.15, -0.1) is 0 Å². The van der Waals surface area contributed by atoms with Gasteiger partial charge >= 0.3 is 0 Å². The zero-order valence-electron chi connectivity index (χ0n) is 5.66. The van der Waals surface area contributed by atoms with Gasteiger partial charge in [0, 0.05) is 6.07 Å². The van der Waals surface area contributed by atoms with Gasteiger partial charge in [-0.2, -0.15) is 0 Å². The van der Waals surface area contributed by atoms with Crippen LogP contribution in [0.2, 0.25) is 0 Å². The lowest BCUT2D eigenvalue weighted by molar-refractivity contribution is 0.104. The second-order valence-corrected chi connectivity index (χ2v) is 1.99. The Morgan fingerprint density at radius 2 is 2.27 bits per heavy atom. The summed E-state index contributed by atoms with van der Waals surface area (Å²) in [6.45, 7) is 3.23. The first-order valence-corrected chi connectivity index (χ1v) is 2.93. The minimum absolute atomic E-state index is 0.0255.